The summed E-state index contributed by atoms with van der Waals surface area (Å²) in [5, 5.41) is 0. The van der Waals surface area contributed by atoms with Crippen LogP contribution in [0, 0.1) is 5.92 Å². The minimum Gasteiger partial charge on any atom is -0.477 e. The number of aromatic nitrogens is 1. The average molecular weight is 252 g/mol. The van der Waals surface area contributed by atoms with Gasteiger partial charge in [0.1, 0.15) is 0 Å². The van der Waals surface area contributed by atoms with Crippen LogP contribution in [0.5, 0.6) is 11.8 Å². The van der Waals surface area contributed by atoms with E-state index in [4.69, 9.17) is 15.2 Å². The Morgan fingerprint density at radius 3 is 2.67 bits per heavy atom. The number of pyridine rings is 1. The Balaban J connectivity index is 2.55. The average Bonchev–Trinajstić information content (AvgIpc) is 2.36. The summed E-state index contributed by atoms with van der Waals surface area (Å²) in [7, 11) is 0. The molecule has 0 amide bonds. The van der Waals surface area contributed by atoms with Crippen molar-refractivity contribution in [1.82, 2.24) is 4.98 Å². The molecule has 1 heterocycles. The Kier molecular flexibility index (Phi) is 6.33. The maximum absolute atomic E-state index is 5.79. The van der Waals surface area contributed by atoms with Gasteiger partial charge in [0.25, 0.3) is 0 Å². The molecule has 0 fully saturated rings. The second-order valence-corrected chi connectivity index (χ2v) is 4.60. The maximum Gasteiger partial charge on any atom is 0.240 e. The Morgan fingerprint density at radius 2 is 2.00 bits per heavy atom. The zero-order chi connectivity index (χ0) is 13.4. The number of anilines is 1. The highest BCUT2D eigenvalue weighted by molar-refractivity contribution is 5.49. The van der Waals surface area contributed by atoms with Crippen molar-refractivity contribution in [2.45, 2.75) is 40.0 Å². The summed E-state index contributed by atoms with van der Waals surface area (Å²) in [5.41, 5.74) is 6.34. The molecule has 0 spiro atoms. The summed E-state index contributed by atoms with van der Waals surface area (Å²) >= 11 is 0. The van der Waals surface area contributed by atoms with Gasteiger partial charge in [-0.3, -0.25) is 0 Å². The van der Waals surface area contributed by atoms with E-state index < -0.39 is 0 Å². The van der Waals surface area contributed by atoms with E-state index in [0.717, 1.165) is 12.8 Å². The fourth-order valence-corrected chi connectivity index (χ4v) is 1.63. The van der Waals surface area contributed by atoms with Crippen LogP contribution in [-0.2, 0) is 0 Å². The molecular formula is C14H24N2O2. The number of ether oxygens (including phenoxy) is 2. The third kappa shape index (κ3) is 4.82. The largest absolute Gasteiger partial charge is 0.477 e. The second kappa shape index (κ2) is 7.80. The van der Waals surface area contributed by atoms with Gasteiger partial charge in [-0.25, -0.2) is 0 Å². The van der Waals surface area contributed by atoms with Crippen molar-refractivity contribution >= 4 is 5.69 Å². The van der Waals surface area contributed by atoms with E-state index in [1.807, 2.05) is 6.92 Å². The highest BCUT2D eigenvalue weighted by Crippen LogP contribution is 2.22. The highest BCUT2D eigenvalue weighted by Gasteiger charge is 2.07. The lowest BCUT2D eigenvalue weighted by molar-refractivity contribution is 0.236. The van der Waals surface area contributed by atoms with Crippen LogP contribution in [0.4, 0.5) is 5.69 Å². The van der Waals surface area contributed by atoms with E-state index >= 15 is 0 Å². The van der Waals surface area contributed by atoms with Gasteiger partial charge < -0.3 is 15.2 Å². The Morgan fingerprint density at radius 1 is 1.22 bits per heavy atom. The highest BCUT2D eigenvalue weighted by atomic mass is 16.5. The summed E-state index contributed by atoms with van der Waals surface area (Å²) < 4.78 is 11.1. The SMILES string of the molecule is CCCOc1nc(OCC(C)CCC)ccc1N. The molecule has 1 aromatic heterocycles. The van der Waals surface area contributed by atoms with Crippen LogP contribution in [-0.4, -0.2) is 18.2 Å². The molecule has 4 heteroatoms. The predicted molar refractivity (Wildman–Crippen MR) is 74.0 cm³/mol. The zero-order valence-electron chi connectivity index (χ0n) is 11.6. The first kappa shape index (κ1) is 14.6. The molecule has 0 radical (unpaired) electrons. The van der Waals surface area contributed by atoms with Gasteiger partial charge in [0, 0.05) is 6.07 Å². The molecule has 0 aliphatic rings. The molecule has 1 unspecified atom stereocenters. The lowest BCUT2D eigenvalue weighted by atomic mass is 10.1. The standard InChI is InChI=1S/C14H24N2O2/c1-4-6-11(3)10-18-13-8-7-12(15)14(16-13)17-9-5-2/h7-8,11H,4-6,9-10,15H2,1-3H3. The Hall–Kier alpha value is -1.45. The van der Waals surface area contributed by atoms with Gasteiger partial charge in [-0.2, -0.15) is 4.98 Å². The van der Waals surface area contributed by atoms with Crippen LogP contribution in [0.1, 0.15) is 40.0 Å². The van der Waals surface area contributed by atoms with Crippen LogP contribution in [0.15, 0.2) is 12.1 Å². The molecule has 2 N–H and O–H groups in total. The molecule has 0 aliphatic carbocycles. The van der Waals surface area contributed by atoms with Crippen molar-refractivity contribution in [3.8, 4) is 11.8 Å². The van der Waals surface area contributed by atoms with E-state index in [2.05, 4.69) is 18.8 Å². The molecule has 0 saturated carbocycles. The smallest absolute Gasteiger partial charge is 0.240 e. The van der Waals surface area contributed by atoms with E-state index in [1.165, 1.54) is 6.42 Å². The first-order valence-corrected chi connectivity index (χ1v) is 6.69. The molecule has 4 nitrogen and oxygen atoms in total. The topological polar surface area (TPSA) is 57.4 Å². The summed E-state index contributed by atoms with van der Waals surface area (Å²) in [6, 6.07) is 3.56. The number of rotatable bonds is 8. The molecule has 1 rings (SSSR count). The first-order chi connectivity index (χ1) is 8.67. The minimum atomic E-state index is 0.470. The molecule has 0 aromatic carbocycles. The number of hydrogen-bond acceptors (Lipinski definition) is 4. The van der Waals surface area contributed by atoms with Gasteiger partial charge in [0.05, 0.1) is 18.9 Å². The number of nitrogens with two attached hydrogens (primary N) is 1. The molecule has 1 aromatic rings. The maximum atomic E-state index is 5.79. The van der Waals surface area contributed by atoms with Crippen LogP contribution in [0.2, 0.25) is 0 Å². The molecule has 0 saturated heterocycles. The summed E-state index contributed by atoms with van der Waals surface area (Å²) in [6.07, 6.45) is 3.26. The van der Waals surface area contributed by atoms with Crippen LogP contribution < -0.4 is 15.2 Å². The van der Waals surface area contributed by atoms with Gasteiger partial charge in [-0.1, -0.05) is 27.2 Å². The summed E-state index contributed by atoms with van der Waals surface area (Å²) in [6.45, 7) is 7.69. The number of nitrogens with zero attached hydrogens (tertiary/aromatic N) is 1. The molecule has 0 aliphatic heterocycles. The lowest BCUT2D eigenvalue weighted by Crippen LogP contribution is -2.10. The normalized spacial score (nSPS) is 12.2. The van der Waals surface area contributed by atoms with E-state index in [-0.39, 0.29) is 0 Å². The van der Waals surface area contributed by atoms with Crippen molar-refractivity contribution in [1.29, 1.82) is 0 Å². The molecular weight excluding hydrogens is 228 g/mol. The second-order valence-electron chi connectivity index (χ2n) is 4.60. The lowest BCUT2D eigenvalue weighted by Gasteiger charge is -2.13. The third-order valence-electron chi connectivity index (χ3n) is 2.60. The van der Waals surface area contributed by atoms with Gasteiger partial charge >= 0.3 is 0 Å². The van der Waals surface area contributed by atoms with Gasteiger partial charge in [0.2, 0.25) is 11.8 Å². The van der Waals surface area contributed by atoms with E-state index in [9.17, 15) is 0 Å². The predicted octanol–water partition coefficient (Wildman–Crippen LogP) is 3.27. The fraction of sp³-hybridized carbons (Fsp3) is 0.643. The molecule has 1 atom stereocenters. The van der Waals surface area contributed by atoms with Gasteiger partial charge in [0.15, 0.2) is 0 Å². The van der Waals surface area contributed by atoms with Crippen molar-refractivity contribution < 1.29 is 9.47 Å². The molecule has 18 heavy (non-hydrogen) atoms. The molecule has 102 valence electrons. The van der Waals surface area contributed by atoms with Crippen LogP contribution in [0.25, 0.3) is 0 Å². The van der Waals surface area contributed by atoms with Crippen molar-refractivity contribution in [2.24, 2.45) is 5.92 Å². The van der Waals surface area contributed by atoms with Gasteiger partial charge in [-0.05, 0) is 24.8 Å². The van der Waals surface area contributed by atoms with E-state index in [0.29, 0.717) is 36.6 Å². The summed E-state index contributed by atoms with van der Waals surface area (Å²) in [5.74, 6) is 1.59. The number of nitrogen functional groups attached to an aromatic ring is 1. The molecule has 0 bridgehead atoms. The Bertz CT molecular complexity index is 356. The fourth-order valence-electron chi connectivity index (χ4n) is 1.63. The van der Waals surface area contributed by atoms with Crippen LogP contribution >= 0.6 is 0 Å². The van der Waals surface area contributed by atoms with Crippen molar-refractivity contribution in [3.05, 3.63) is 12.1 Å². The summed E-state index contributed by atoms with van der Waals surface area (Å²) in [4.78, 5) is 4.27. The zero-order valence-corrected chi connectivity index (χ0v) is 11.6. The first-order valence-electron chi connectivity index (χ1n) is 6.69. The minimum absolute atomic E-state index is 0.470. The van der Waals surface area contributed by atoms with Gasteiger partial charge in [-0.15, -0.1) is 0 Å². The Labute approximate surface area is 110 Å². The van der Waals surface area contributed by atoms with Crippen molar-refractivity contribution in [3.63, 3.8) is 0 Å². The monoisotopic (exact) mass is 252 g/mol. The third-order valence-corrected chi connectivity index (χ3v) is 2.60. The van der Waals surface area contributed by atoms with Crippen LogP contribution in [0.3, 0.4) is 0 Å². The number of hydrogen-bond donors (Lipinski definition) is 1. The van der Waals surface area contributed by atoms with E-state index in [1.54, 1.807) is 12.1 Å². The van der Waals surface area contributed by atoms with Crippen molar-refractivity contribution in [2.75, 3.05) is 18.9 Å². The quantitative estimate of drug-likeness (QED) is 0.771.